The van der Waals surface area contributed by atoms with Gasteiger partial charge < -0.3 is 10.1 Å². The molecule has 1 aromatic heterocycles. The summed E-state index contributed by atoms with van der Waals surface area (Å²) in [6.07, 6.45) is 5.16. The Labute approximate surface area is 151 Å². The lowest BCUT2D eigenvalue weighted by Gasteiger charge is -2.14. The zero-order chi connectivity index (χ0) is 16.2. The number of aryl methyl sites for hydroxylation is 1. The minimum Gasteiger partial charge on any atom is -0.492 e. The van der Waals surface area contributed by atoms with Gasteiger partial charge in [-0.2, -0.15) is 0 Å². The Hall–Kier alpha value is -1.10. The second-order valence-electron chi connectivity index (χ2n) is 5.95. The monoisotopic (exact) mass is 365 g/mol. The van der Waals surface area contributed by atoms with Gasteiger partial charge in [0.05, 0.1) is 11.6 Å². The molecule has 0 radical (unpaired) electrons. The molecule has 0 aliphatic heterocycles. The first-order valence-electron chi connectivity index (χ1n) is 7.91. The van der Waals surface area contributed by atoms with E-state index < -0.39 is 0 Å². The Morgan fingerprint density at radius 3 is 2.83 bits per heavy atom. The highest BCUT2D eigenvalue weighted by atomic mass is 35.5. The van der Waals surface area contributed by atoms with E-state index in [4.69, 9.17) is 28.6 Å². The number of thiocarbonyl (C=S) groups is 1. The number of nitrogens with one attached hydrogen (secondary N) is 1. The van der Waals surface area contributed by atoms with Crippen LogP contribution in [0.3, 0.4) is 0 Å². The van der Waals surface area contributed by atoms with Crippen LogP contribution in [0.1, 0.15) is 36.1 Å². The molecule has 0 amide bonds. The molecule has 1 fully saturated rings. The lowest BCUT2D eigenvalue weighted by molar-refractivity contribution is 0.252. The van der Waals surface area contributed by atoms with Crippen LogP contribution < -0.4 is 10.1 Å². The fraction of sp³-hybridized carbons (Fsp3) is 0.389. The second-order valence-corrected chi connectivity index (χ2v) is 7.89. The van der Waals surface area contributed by atoms with Crippen LogP contribution in [0.5, 0.6) is 5.75 Å². The van der Waals surface area contributed by atoms with Gasteiger partial charge in [-0.25, -0.2) is 0 Å². The summed E-state index contributed by atoms with van der Waals surface area (Å²) in [6.45, 7) is 2.82. The smallest absolute Gasteiger partial charge is 0.139 e. The van der Waals surface area contributed by atoms with E-state index in [0.717, 1.165) is 28.6 Å². The first-order chi connectivity index (χ1) is 11.1. The maximum absolute atomic E-state index is 6.26. The van der Waals surface area contributed by atoms with Gasteiger partial charge >= 0.3 is 0 Å². The Balaban J connectivity index is 1.67. The summed E-state index contributed by atoms with van der Waals surface area (Å²) in [5.74, 6) is 1.39. The van der Waals surface area contributed by atoms with Gasteiger partial charge in [-0.05, 0) is 49.3 Å². The Bertz CT molecular complexity index is 692. The number of anilines is 1. The van der Waals surface area contributed by atoms with E-state index in [-0.39, 0.29) is 0 Å². The predicted octanol–water partition coefficient (Wildman–Crippen LogP) is 6.07. The van der Waals surface area contributed by atoms with Crippen molar-refractivity contribution in [2.24, 2.45) is 5.92 Å². The third-order valence-electron chi connectivity index (χ3n) is 4.24. The number of hydrogen-bond donors (Lipinski definition) is 1. The van der Waals surface area contributed by atoms with E-state index in [1.165, 1.54) is 30.6 Å². The van der Waals surface area contributed by atoms with Crippen molar-refractivity contribution in [3.63, 3.8) is 0 Å². The van der Waals surface area contributed by atoms with Crippen molar-refractivity contribution in [3.05, 3.63) is 45.1 Å². The summed E-state index contributed by atoms with van der Waals surface area (Å²) in [7, 11) is 0. The van der Waals surface area contributed by atoms with Crippen LogP contribution in [0.15, 0.2) is 29.6 Å². The van der Waals surface area contributed by atoms with Gasteiger partial charge in [0.25, 0.3) is 0 Å². The summed E-state index contributed by atoms with van der Waals surface area (Å²) >= 11 is 13.5. The van der Waals surface area contributed by atoms with Gasteiger partial charge in [-0.3, -0.25) is 0 Å². The van der Waals surface area contributed by atoms with Crippen LogP contribution in [0.2, 0.25) is 5.02 Å². The van der Waals surface area contributed by atoms with Gasteiger partial charge in [0, 0.05) is 22.2 Å². The molecular formula is C18H20ClNOS2. The first-order valence-corrected chi connectivity index (χ1v) is 9.58. The maximum atomic E-state index is 6.26. The van der Waals surface area contributed by atoms with Crippen molar-refractivity contribution in [1.82, 2.24) is 0 Å². The van der Waals surface area contributed by atoms with Crippen LogP contribution in [-0.2, 0) is 0 Å². The highest BCUT2D eigenvalue weighted by molar-refractivity contribution is 7.81. The van der Waals surface area contributed by atoms with Gasteiger partial charge in [-0.1, -0.05) is 36.7 Å². The van der Waals surface area contributed by atoms with Gasteiger partial charge in [0.1, 0.15) is 10.7 Å². The standard InChI is InChI=1S/C18H20ClNOS2/c1-12-15(8-9-23-12)18(22)20-14-6-7-16(19)17(10-14)21-11-13-4-2-3-5-13/h6-10,13H,2-5,11H2,1H3,(H,20,22). The highest BCUT2D eigenvalue weighted by Gasteiger charge is 2.16. The molecule has 1 saturated carbocycles. The summed E-state index contributed by atoms with van der Waals surface area (Å²) in [5, 5.41) is 5.98. The quantitative estimate of drug-likeness (QED) is 0.650. The number of rotatable bonds is 5. The van der Waals surface area contributed by atoms with Gasteiger partial charge in [-0.15, -0.1) is 11.3 Å². The Morgan fingerprint density at radius 1 is 1.35 bits per heavy atom. The lowest BCUT2D eigenvalue weighted by atomic mass is 10.1. The molecule has 0 atom stereocenters. The zero-order valence-corrected chi connectivity index (χ0v) is 15.5. The highest BCUT2D eigenvalue weighted by Crippen LogP contribution is 2.31. The molecule has 1 N–H and O–H groups in total. The zero-order valence-electron chi connectivity index (χ0n) is 13.1. The molecule has 2 aromatic rings. The van der Waals surface area contributed by atoms with E-state index in [9.17, 15) is 0 Å². The molecule has 2 nitrogen and oxygen atoms in total. The van der Waals surface area contributed by atoms with Crippen molar-refractivity contribution in [2.75, 3.05) is 11.9 Å². The minimum atomic E-state index is 0.645. The van der Waals surface area contributed by atoms with E-state index in [0.29, 0.717) is 10.9 Å². The first kappa shape index (κ1) is 16.7. The largest absolute Gasteiger partial charge is 0.492 e. The van der Waals surface area contributed by atoms with Crippen LogP contribution in [0.4, 0.5) is 5.69 Å². The van der Waals surface area contributed by atoms with E-state index in [1.54, 1.807) is 11.3 Å². The molecule has 1 aliphatic rings. The van der Waals surface area contributed by atoms with Gasteiger partial charge in [0.2, 0.25) is 0 Å². The number of benzene rings is 1. The van der Waals surface area contributed by atoms with Crippen molar-refractivity contribution in [3.8, 4) is 5.75 Å². The summed E-state index contributed by atoms with van der Waals surface area (Å²) < 4.78 is 5.94. The Kier molecular flexibility index (Phi) is 5.57. The molecule has 1 aliphatic carbocycles. The van der Waals surface area contributed by atoms with Crippen molar-refractivity contribution < 1.29 is 4.74 Å². The third-order valence-corrected chi connectivity index (χ3v) is 5.72. The van der Waals surface area contributed by atoms with Crippen LogP contribution in [-0.4, -0.2) is 11.6 Å². The fourth-order valence-corrected chi connectivity index (χ4v) is 4.18. The molecule has 0 bridgehead atoms. The number of thiophene rings is 1. The van der Waals surface area contributed by atoms with E-state index >= 15 is 0 Å². The van der Waals surface area contributed by atoms with Crippen molar-refractivity contribution in [1.29, 1.82) is 0 Å². The molecular weight excluding hydrogens is 346 g/mol. The van der Waals surface area contributed by atoms with Gasteiger partial charge in [0.15, 0.2) is 0 Å². The average molecular weight is 366 g/mol. The normalized spacial score (nSPS) is 14.9. The minimum absolute atomic E-state index is 0.645. The topological polar surface area (TPSA) is 21.3 Å². The van der Waals surface area contributed by atoms with E-state index in [2.05, 4.69) is 17.6 Å². The molecule has 0 spiro atoms. The molecule has 1 heterocycles. The predicted molar refractivity (Wildman–Crippen MR) is 103 cm³/mol. The summed E-state index contributed by atoms with van der Waals surface area (Å²) in [5.41, 5.74) is 1.99. The van der Waals surface area contributed by atoms with E-state index in [1.807, 2.05) is 24.3 Å². The molecule has 122 valence electrons. The lowest BCUT2D eigenvalue weighted by Crippen LogP contribution is -2.11. The maximum Gasteiger partial charge on any atom is 0.139 e. The third kappa shape index (κ3) is 4.25. The molecule has 0 saturated heterocycles. The second kappa shape index (κ2) is 7.65. The SMILES string of the molecule is Cc1sccc1C(=S)Nc1ccc(Cl)c(OCC2CCCC2)c1. The number of hydrogen-bond acceptors (Lipinski definition) is 3. The molecule has 0 unspecified atom stereocenters. The number of ether oxygens (including phenoxy) is 1. The van der Waals surface area contributed by atoms with Crippen molar-refractivity contribution in [2.45, 2.75) is 32.6 Å². The molecule has 3 rings (SSSR count). The van der Waals surface area contributed by atoms with Crippen LogP contribution in [0, 0.1) is 12.8 Å². The summed E-state index contributed by atoms with van der Waals surface area (Å²) in [4.78, 5) is 1.95. The summed E-state index contributed by atoms with van der Waals surface area (Å²) in [6, 6.07) is 7.77. The van der Waals surface area contributed by atoms with Crippen molar-refractivity contribution >= 4 is 45.8 Å². The fourth-order valence-electron chi connectivity index (χ4n) is 2.90. The molecule has 23 heavy (non-hydrogen) atoms. The molecule has 1 aromatic carbocycles. The Morgan fingerprint density at radius 2 is 2.13 bits per heavy atom. The van der Waals surface area contributed by atoms with Crippen LogP contribution >= 0.6 is 35.2 Å². The van der Waals surface area contributed by atoms with Crippen LogP contribution in [0.25, 0.3) is 0 Å². The molecule has 5 heteroatoms. The number of halogens is 1. The average Bonchev–Trinajstić information content (AvgIpc) is 3.19.